The molecule has 0 N–H and O–H groups in total. The summed E-state index contributed by atoms with van der Waals surface area (Å²) in [6.45, 7) is 14.7. The third kappa shape index (κ3) is 6.53. The van der Waals surface area contributed by atoms with Crippen molar-refractivity contribution >= 4 is 17.2 Å². The van der Waals surface area contributed by atoms with E-state index < -0.39 is 0 Å². The fraction of sp³-hybridized carbons (Fsp3) is 0.889. The molecule has 0 aromatic carbocycles. The van der Waals surface area contributed by atoms with Crippen LogP contribution in [0.25, 0.3) is 0 Å². The van der Waals surface area contributed by atoms with Gasteiger partial charge in [-0.25, -0.2) is 0 Å². The maximum atomic E-state index is 2.53. The number of hydrogen-bond donors (Lipinski definition) is 0. The van der Waals surface area contributed by atoms with E-state index in [2.05, 4.69) is 41.0 Å². The molecule has 0 aromatic rings. The van der Waals surface area contributed by atoms with Crippen LogP contribution >= 0.6 is 17.2 Å². The molecule has 6 atom stereocenters. The second-order valence-corrected chi connectivity index (χ2v) is 9.25. The van der Waals surface area contributed by atoms with Crippen molar-refractivity contribution in [2.24, 2.45) is 17.3 Å². The topological polar surface area (TPSA) is 0 Å². The van der Waals surface area contributed by atoms with Crippen molar-refractivity contribution in [2.75, 3.05) is 13.3 Å². The van der Waals surface area contributed by atoms with E-state index in [1.54, 1.807) is 0 Å². The fourth-order valence-electron chi connectivity index (χ4n) is 4.05. The van der Waals surface area contributed by atoms with Gasteiger partial charge in [0, 0.05) is 0 Å². The van der Waals surface area contributed by atoms with Gasteiger partial charge in [-0.15, -0.1) is 17.2 Å². The molecule has 1 fully saturated rings. The predicted molar refractivity (Wildman–Crippen MR) is 104 cm³/mol. The van der Waals surface area contributed by atoms with Gasteiger partial charge in [-0.05, 0) is 61.2 Å². The summed E-state index contributed by atoms with van der Waals surface area (Å²) in [5, 5.41) is 0. The maximum absolute atomic E-state index is 2.53. The first-order valence-electron chi connectivity index (χ1n) is 7.88. The molecule has 1 rings (SSSR count). The van der Waals surface area contributed by atoms with Gasteiger partial charge in [-0.2, -0.15) is 0 Å². The molecule has 3 heteroatoms. The molecule has 1 saturated carbocycles. The summed E-state index contributed by atoms with van der Waals surface area (Å²) in [6.07, 6.45) is 7.30. The molecule has 0 nitrogen and oxygen atoms in total. The fourth-order valence-corrected chi connectivity index (χ4v) is 6.50. The molecule has 0 aromatic heterocycles. The van der Waals surface area contributed by atoms with Crippen molar-refractivity contribution in [2.45, 2.75) is 71.1 Å². The van der Waals surface area contributed by atoms with E-state index in [-0.39, 0.29) is 36.6 Å². The van der Waals surface area contributed by atoms with Gasteiger partial charge in [-0.1, -0.05) is 40.5 Å². The molecule has 0 aliphatic heterocycles. The van der Waals surface area contributed by atoms with Crippen LogP contribution in [0.15, 0.2) is 0 Å². The molecule has 1 aliphatic carbocycles. The van der Waals surface area contributed by atoms with Crippen LogP contribution in [0.4, 0.5) is 0 Å². The van der Waals surface area contributed by atoms with Crippen molar-refractivity contribution in [3.63, 3.8) is 0 Å². The minimum Gasteiger partial charge on any atom is -0.358 e. The summed E-state index contributed by atoms with van der Waals surface area (Å²) in [5.41, 5.74) is 2.71. The second kappa shape index (κ2) is 12.9. The first-order valence-corrected chi connectivity index (χ1v) is 11.0. The van der Waals surface area contributed by atoms with Gasteiger partial charge < -0.3 is 14.9 Å². The first-order chi connectivity index (χ1) is 8.53. The van der Waals surface area contributed by atoms with Crippen molar-refractivity contribution in [3.05, 3.63) is 14.9 Å². The van der Waals surface area contributed by atoms with Gasteiger partial charge >= 0.3 is 21.7 Å². The van der Waals surface area contributed by atoms with Crippen LogP contribution in [0.3, 0.4) is 0 Å². The van der Waals surface area contributed by atoms with Crippen molar-refractivity contribution in [1.29, 1.82) is 0 Å². The van der Waals surface area contributed by atoms with E-state index in [0.717, 1.165) is 40.3 Å². The van der Waals surface area contributed by atoms with Gasteiger partial charge in [-0.3, -0.25) is 0 Å². The van der Waals surface area contributed by atoms with Crippen molar-refractivity contribution in [3.8, 4) is 0 Å². The Bertz CT molecular complexity index is 221. The minimum atomic E-state index is 0. The molecule has 0 radical (unpaired) electrons. The van der Waals surface area contributed by atoms with E-state index in [0.29, 0.717) is 5.41 Å². The van der Waals surface area contributed by atoms with Crippen LogP contribution in [-0.2, 0) is 21.7 Å². The van der Waals surface area contributed by atoms with Crippen LogP contribution in [0.5, 0.6) is 0 Å². The summed E-state index contributed by atoms with van der Waals surface area (Å²) in [4.78, 5) is 0. The van der Waals surface area contributed by atoms with Crippen LogP contribution in [-0.4, -0.2) is 24.6 Å². The first kappa shape index (κ1) is 27.4. The summed E-state index contributed by atoms with van der Waals surface area (Å²) >= 11 is 0. The standard InChI is InChI=1S/C16H34P2.2CH3.Ti/c1-7-12(3)16(13(4)8-2)10-14(17-5)9-15(11-16)18-6;;;/h12-15,17-18H,7-11H2,1-6H3;2*1H3;/q;2*-1;+2. The van der Waals surface area contributed by atoms with E-state index in [4.69, 9.17) is 0 Å². The third-order valence-electron chi connectivity index (χ3n) is 5.83. The van der Waals surface area contributed by atoms with Gasteiger partial charge in [0.2, 0.25) is 0 Å². The zero-order valence-electron chi connectivity index (χ0n) is 15.8. The van der Waals surface area contributed by atoms with E-state index in [1.807, 2.05) is 0 Å². The van der Waals surface area contributed by atoms with E-state index in [1.165, 1.54) is 32.1 Å². The van der Waals surface area contributed by atoms with Gasteiger partial charge in [0.15, 0.2) is 0 Å². The van der Waals surface area contributed by atoms with Gasteiger partial charge in [0.05, 0.1) is 0 Å². The molecule has 0 heterocycles. The Balaban J connectivity index is -0.00000108. The molecule has 6 unspecified atom stereocenters. The van der Waals surface area contributed by atoms with E-state index in [9.17, 15) is 0 Å². The molecule has 0 amide bonds. The quantitative estimate of drug-likeness (QED) is 0.286. The van der Waals surface area contributed by atoms with Gasteiger partial charge in [0.25, 0.3) is 0 Å². The Morgan fingerprint density at radius 1 is 0.905 bits per heavy atom. The molecule has 0 bridgehead atoms. The Labute approximate surface area is 155 Å². The van der Waals surface area contributed by atoms with Crippen LogP contribution in [0.1, 0.15) is 59.8 Å². The maximum Gasteiger partial charge on any atom is 2.00 e. The summed E-state index contributed by atoms with van der Waals surface area (Å²) in [5.74, 6) is 1.82. The van der Waals surface area contributed by atoms with Crippen molar-refractivity contribution < 1.29 is 21.7 Å². The predicted octanol–water partition coefficient (Wildman–Crippen LogP) is 6.50. The molecule has 21 heavy (non-hydrogen) atoms. The zero-order chi connectivity index (χ0) is 13.8. The smallest absolute Gasteiger partial charge is 0.358 e. The average molecular weight is 366 g/mol. The minimum absolute atomic E-state index is 0. The van der Waals surface area contributed by atoms with Gasteiger partial charge in [0.1, 0.15) is 0 Å². The molecule has 126 valence electrons. The monoisotopic (exact) mass is 366 g/mol. The Morgan fingerprint density at radius 3 is 1.48 bits per heavy atom. The van der Waals surface area contributed by atoms with Crippen LogP contribution < -0.4 is 0 Å². The summed E-state index contributed by atoms with van der Waals surface area (Å²) in [7, 11) is 2.31. The Hall–Kier alpha value is 1.57. The number of rotatable bonds is 6. The summed E-state index contributed by atoms with van der Waals surface area (Å²) in [6, 6.07) is 0. The SMILES string of the molecule is CCC(C)C1(C(C)CC)CC(PC)CC(PC)C1.[CH3-].[CH3-].[Ti+2]. The van der Waals surface area contributed by atoms with Crippen LogP contribution in [0, 0.1) is 32.1 Å². The van der Waals surface area contributed by atoms with Crippen LogP contribution in [0.2, 0.25) is 0 Å². The Kier molecular flexibility index (Phi) is 16.9. The molecule has 1 aliphatic rings. The van der Waals surface area contributed by atoms with Crippen molar-refractivity contribution in [1.82, 2.24) is 0 Å². The number of hydrogen-bond acceptors (Lipinski definition) is 0. The molecule has 0 spiro atoms. The second-order valence-electron chi connectivity index (χ2n) is 6.47. The summed E-state index contributed by atoms with van der Waals surface area (Å²) < 4.78 is 0. The largest absolute Gasteiger partial charge is 2.00 e. The normalized spacial score (nSPS) is 32.3. The van der Waals surface area contributed by atoms with E-state index >= 15 is 0 Å². The Morgan fingerprint density at radius 2 is 1.24 bits per heavy atom. The third-order valence-corrected chi connectivity index (χ3v) is 8.34. The zero-order valence-corrected chi connectivity index (χ0v) is 19.4. The molecule has 0 saturated heterocycles. The average Bonchev–Trinajstić information content (AvgIpc) is 2.44. The molecular weight excluding hydrogens is 326 g/mol. The molecular formula is C18H40P2Ti.